The Labute approximate surface area is 128 Å². The zero-order valence-electron chi connectivity index (χ0n) is 13.7. The highest BCUT2D eigenvalue weighted by Crippen LogP contribution is 2.57. The van der Waals surface area contributed by atoms with Crippen molar-refractivity contribution >= 4 is 5.91 Å². The number of rotatable bonds is 2. The van der Waals surface area contributed by atoms with E-state index in [0.29, 0.717) is 12.0 Å². The fourth-order valence-corrected chi connectivity index (χ4v) is 4.86. The van der Waals surface area contributed by atoms with E-state index < -0.39 is 5.54 Å². The molecule has 2 saturated carbocycles. The quantitative estimate of drug-likeness (QED) is 0.820. The summed E-state index contributed by atoms with van der Waals surface area (Å²) in [6, 6.07) is 0.297. The predicted molar refractivity (Wildman–Crippen MR) is 82.7 cm³/mol. The van der Waals surface area contributed by atoms with Gasteiger partial charge in [0, 0.05) is 24.0 Å². The summed E-state index contributed by atoms with van der Waals surface area (Å²) in [5, 5.41) is 3.28. The standard InChI is InChI=1S/C17H30N2O2/c1-11-7-4-5-9-13(11)19-15(20)17(18)12-8-6-10-21-14(12)16(17,2)3/h11-14H,4-10,18H2,1-3H3,(H,19,20). The van der Waals surface area contributed by atoms with Crippen molar-refractivity contribution < 1.29 is 9.53 Å². The van der Waals surface area contributed by atoms with Crippen LogP contribution in [0.1, 0.15) is 59.3 Å². The van der Waals surface area contributed by atoms with Gasteiger partial charge in [-0.15, -0.1) is 0 Å². The highest BCUT2D eigenvalue weighted by Gasteiger charge is 2.70. The van der Waals surface area contributed by atoms with Gasteiger partial charge in [-0.25, -0.2) is 0 Å². The monoisotopic (exact) mass is 294 g/mol. The highest BCUT2D eigenvalue weighted by molar-refractivity contribution is 5.89. The Hall–Kier alpha value is -0.610. The smallest absolute Gasteiger partial charge is 0.241 e. The average molecular weight is 294 g/mol. The Morgan fingerprint density at radius 2 is 1.90 bits per heavy atom. The first-order valence-corrected chi connectivity index (χ1v) is 8.60. The Morgan fingerprint density at radius 1 is 1.19 bits per heavy atom. The fourth-order valence-electron chi connectivity index (χ4n) is 4.86. The van der Waals surface area contributed by atoms with Crippen molar-refractivity contribution in [1.29, 1.82) is 0 Å². The van der Waals surface area contributed by atoms with Crippen molar-refractivity contribution in [3.8, 4) is 0 Å². The van der Waals surface area contributed by atoms with E-state index in [1.807, 2.05) is 0 Å². The number of nitrogens with two attached hydrogens (primary N) is 1. The van der Waals surface area contributed by atoms with Crippen molar-refractivity contribution in [3.63, 3.8) is 0 Å². The molecule has 21 heavy (non-hydrogen) atoms. The Balaban J connectivity index is 1.73. The topological polar surface area (TPSA) is 64.4 Å². The molecule has 3 fully saturated rings. The molecular formula is C17H30N2O2. The van der Waals surface area contributed by atoms with Gasteiger partial charge in [0.1, 0.15) is 5.54 Å². The molecule has 3 N–H and O–H groups in total. The maximum atomic E-state index is 12.9. The molecule has 1 aliphatic heterocycles. The Kier molecular flexibility index (Phi) is 3.81. The van der Waals surface area contributed by atoms with E-state index in [9.17, 15) is 4.79 Å². The van der Waals surface area contributed by atoms with Crippen LogP contribution in [0, 0.1) is 17.3 Å². The molecule has 2 aliphatic carbocycles. The van der Waals surface area contributed by atoms with Crippen LogP contribution in [0.5, 0.6) is 0 Å². The van der Waals surface area contributed by atoms with E-state index in [4.69, 9.17) is 10.5 Å². The Bertz CT molecular complexity index is 423. The lowest BCUT2D eigenvalue weighted by molar-refractivity contribution is -0.225. The third-order valence-electron chi connectivity index (χ3n) is 6.49. The van der Waals surface area contributed by atoms with Crippen LogP contribution in [0.15, 0.2) is 0 Å². The molecule has 3 rings (SSSR count). The van der Waals surface area contributed by atoms with Crippen LogP contribution in [0.2, 0.25) is 0 Å². The molecule has 1 saturated heterocycles. The second-order valence-electron chi connectivity index (χ2n) is 7.97. The van der Waals surface area contributed by atoms with E-state index in [1.165, 1.54) is 19.3 Å². The minimum Gasteiger partial charge on any atom is -0.377 e. The zero-order chi connectivity index (χ0) is 15.3. The van der Waals surface area contributed by atoms with Gasteiger partial charge >= 0.3 is 0 Å². The van der Waals surface area contributed by atoms with Crippen molar-refractivity contribution in [2.75, 3.05) is 6.61 Å². The van der Waals surface area contributed by atoms with Gasteiger partial charge in [0.15, 0.2) is 0 Å². The molecule has 0 aromatic carbocycles. The molecule has 5 atom stereocenters. The number of fused-ring (bicyclic) bond motifs is 1. The van der Waals surface area contributed by atoms with Gasteiger partial charge < -0.3 is 15.8 Å². The number of nitrogens with one attached hydrogen (secondary N) is 1. The highest BCUT2D eigenvalue weighted by atomic mass is 16.5. The molecule has 4 nitrogen and oxygen atoms in total. The van der Waals surface area contributed by atoms with Gasteiger partial charge in [0.05, 0.1) is 6.10 Å². The number of hydrogen-bond acceptors (Lipinski definition) is 3. The third kappa shape index (κ3) is 2.14. The van der Waals surface area contributed by atoms with Crippen LogP contribution in [-0.4, -0.2) is 30.2 Å². The summed E-state index contributed by atoms with van der Waals surface area (Å²) in [5.41, 5.74) is 5.60. The van der Waals surface area contributed by atoms with Gasteiger partial charge in [0.25, 0.3) is 0 Å². The van der Waals surface area contributed by atoms with Crippen LogP contribution in [-0.2, 0) is 9.53 Å². The second-order valence-corrected chi connectivity index (χ2v) is 7.97. The molecule has 0 bridgehead atoms. The van der Waals surface area contributed by atoms with E-state index in [1.54, 1.807) is 0 Å². The molecule has 4 heteroatoms. The molecular weight excluding hydrogens is 264 g/mol. The minimum absolute atomic E-state index is 0.0537. The lowest BCUT2D eigenvalue weighted by Gasteiger charge is -2.65. The summed E-state index contributed by atoms with van der Waals surface area (Å²) in [6.07, 6.45) is 6.97. The maximum Gasteiger partial charge on any atom is 0.241 e. The third-order valence-corrected chi connectivity index (χ3v) is 6.49. The lowest BCUT2D eigenvalue weighted by Crippen LogP contribution is -2.82. The van der Waals surface area contributed by atoms with Crippen LogP contribution >= 0.6 is 0 Å². The first kappa shape index (κ1) is 15.3. The maximum absolute atomic E-state index is 12.9. The molecule has 0 aromatic rings. The lowest BCUT2D eigenvalue weighted by atomic mass is 9.46. The van der Waals surface area contributed by atoms with Gasteiger partial charge in [0.2, 0.25) is 5.91 Å². The van der Waals surface area contributed by atoms with E-state index in [0.717, 1.165) is 25.9 Å². The second kappa shape index (κ2) is 5.24. The molecule has 0 spiro atoms. The van der Waals surface area contributed by atoms with Crippen molar-refractivity contribution in [3.05, 3.63) is 0 Å². The first-order valence-electron chi connectivity index (χ1n) is 8.60. The summed E-state index contributed by atoms with van der Waals surface area (Å²) >= 11 is 0. The molecule has 0 radical (unpaired) electrons. The predicted octanol–water partition coefficient (Wildman–Crippen LogP) is 2.21. The minimum atomic E-state index is -0.769. The summed E-state index contributed by atoms with van der Waals surface area (Å²) in [7, 11) is 0. The molecule has 3 aliphatic rings. The van der Waals surface area contributed by atoms with Crippen LogP contribution in [0.4, 0.5) is 0 Å². The Morgan fingerprint density at radius 3 is 2.62 bits per heavy atom. The van der Waals surface area contributed by atoms with E-state index in [2.05, 4.69) is 26.1 Å². The van der Waals surface area contributed by atoms with Crippen molar-refractivity contribution in [2.45, 2.75) is 77.0 Å². The van der Waals surface area contributed by atoms with Crippen molar-refractivity contribution in [1.82, 2.24) is 5.32 Å². The molecule has 1 heterocycles. The van der Waals surface area contributed by atoms with E-state index >= 15 is 0 Å². The van der Waals surface area contributed by atoms with Gasteiger partial charge in [-0.2, -0.15) is 0 Å². The largest absolute Gasteiger partial charge is 0.377 e. The summed E-state index contributed by atoms with van der Waals surface area (Å²) in [6.45, 7) is 7.22. The first-order chi connectivity index (χ1) is 9.89. The number of carbonyl (C=O) groups is 1. The number of ether oxygens (including phenoxy) is 1. The SMILES string of the molecule is CC1CCCCC1NC(=O)C1(N)C2CCCOC2C1(C)C. The molecule has 0 aromatic heterocycles. The zero-order valence-corrected chi connectivity index (χ0v) is 13.7. The average Bonchev–Trinajstić information content (AvgIpc) is 2.48. The number of amides is 1. The molecule has 120 valence electrons. The van der Waals surface area contributed by atoms with Gasteiger partial charge in [-0.1, -0.05) is 33.6 Å². The van der Waals surface area contributed by atoms with E-state index in [-0.39, 0.29) is 23.3 Å². The van der Waals surface area contributed by atoms with Gasteiger partial charge in [-0.05, 0) is 31.6 Å². The number of hydrogen-bond donors (Lipinski definition) is 2. The summed E-state index contributed by atoms with van der Waals surface area (Å²) in [4.78, 5) is 12.9. The van der Waals surface area contributed by atoms with Crippen molar-refractivity contribution in [2.24, 2.45) is 23.0 Å². The van der Waals surface area contributed by atoms with Crippen LogP contribution in [0.25, 0.3) is 0 Å². The van der Waals surface area contributed by atoms with Gasteiger partial charge in [-0.3, -0.25) is 4.79 Å². The molecule has 5 unspecified atom stereocenters. The summed E-state index contributed by atoms with van der Waals surface area (Å²) in [5.74, 6) is 0.797. The van der Waals surface area contributed by atoms with Crippen LogP contribution in [0.3, 0.4) is 0 Å². The fraction of sp³-hybridized carbons (Fsp3) is 0.941. The number of carbonyl (C=O) groups excluding carboxylic acids is 1. The normalized spacial score (nSPS) is 45.3. The molecule has 1 amide bonds. The summed E-state index contributed by atoms with van der Waals surface area (Å²) < 4.78 is 5.89. The van der Waals surface area contributed by atoms with Crippen LogP contribution < -0.4 is 11.1 Å².